The molecule has 130 valence electrons. The van der Waals surface area contributed by atoms with Crippen LogP contribution in [0.3, 0.4) is 0 Å². The van der Waals surface area contributed by atoms with Crippen LogP contribution in [0.5, 0.6) is 0 Å². The first-order valence-corrected chi connectivity index (χ1v) is 7.17. The number of nitro groups is 1. The van der Waals surface area contributed by atoms with Crippen LogP contribution in [0.1, 0.15) is 11.1 Å². The second-order valence-corrected chi connectivity index (χ2v) is 4.81. The number of ether oxygens (including phenoxy) is 2. The molecule has 0 fully saturated rings. The second kappa shape index (κ2) is 8.87. The number of hydrogen-bond donors (Lipinski definition) is 2. The Labute approximate surface area is 142 Å². The van der Waals surface area contributed by atoms with Crippen LogP contribution < -0.4 is 10.9 Å². The van der Waals surface area contributed by atoms with Gasteiger partial charge in [-0.2, -0.15) is 0 Å². The van der Waals surface area contributed by atoms with Gasteiger partial charge in [-0.3, -0.25) is 10.1 Å². The first-order chi connectivity index (χ1) is 12.0. The number of nitrogens with zero attached hydrogens (tertiary/aromatic N) is 1. The van der Waals surface area contributed by atoms with E-state index in [4.69, 9.17) is 9.47 Å². The van der Waals surface area contributed by atoms with Gasteiger partial charge in [0.2, 0.25) is 0 Å². The van der Waals surface area contributed by atoms with Crippen molar-refractivity contribution in [3.63, 3.8) is 0 Å². The smallest absolute Gasteiger partial charge is 0.426 e. The van der Waals surface area contributed by atoms with Crippen molar-refractivity contribution in [2.45, 2.75) is 13.2 Å². The van der Waals surface area contributed by atoms with E-state index in [0.29, 0.717) is 5.56 Å². The molecular formula is C16H15N3O6. The van der Waals surface area contributed by atoms with Crippen molar-refractivity contribution >= 4 is 17.9 Å². The number of nitrogens with one attached hydrogen (secondary N) is 2. The molecule has 0 radical (unpaired) electrons. The van der Waals surface area contributed by atoms with Crippen LogP contribution in [0.2, 0.25) is 0 Å². The summed E-state index contributed by atoms with van der Waals surface area (Å²) in [5.41, 5.74) is 5.37. The molecule has 2 amide bonds. The Kier molecular flexibility index (Phi) is 6.29. The molecule has 0 bridgehead atoms. The van der Waals surface area contributed by atoms with Crippen molar-refractivity contribution in [2.24, 2.45) is 0 Å². The summed E-state index contributed by atoms with van der Waals surface area (Å²) in [5.74, 6) is 0. The van der Waals surface area contributed by atoms with Crippen molar-refractivity contribution in [1.82, 2.24) is 10.9 Å². The molecule has 0 atom stereocenters. The van der Waals surface area contributed by atoms with E-state index in [1.165, 1.54) is 24.3 Å². The summed E-state index contributed by atoms with van der Waals surface area (Å²) < 4.78 is 9.74. The summed E-state index contributed by atoms with van der Waals surface area (Å²) in [7, 11) is 0. The summed E-state index contributed by atoms with van der Waals surface area (Å²) in [6.45, 7) is -0.0449. The lowest BCUT2D eigenvalue weighted by Crippen LogP contribution is -2.42. The van der Waals surface area contributed by atoms with Gasteiger partial charge in [0.25, 0.3) is 5.69 Å². The van der Waals surface area contributed by atoms with Gasteiger partial charge in [0, 0.05) is 12.1 Å². The maximum Gasteiger partial charge on any atom is 0.426 e. The van der Waals surface area contributed by atoms with Crippen LogP contribution in [-0.4, -0.2) is 17.1 Å². The highest BCUT2D eigenvalue weighted by Crippen LogP contribution is 2.12. The molecule has 0 aromatic heterocycles. The lowest BCUT2D eigenvalue weighted by Gasteiger charge is -2.09. The molecule has 9 nitrogen and oxygen atoms in total. The first-order valence-electron chi connectivity index (χ1n) is 7.17. The molecule has 0 unspecified atom stereocenters. The zero-order chi connectivity index (χ0) is 18.1. The van der Waals surface area contributed by atoms with E-state index in [2.05, 4.69) is 0 Å². The van der Waals surface area contributed by atoms with Gasteiger partial charge in [0.05, 0.1) is 4.92 Å². The van der Waals surface area contributed by atoms with E-state index >= 15 is 0 Å². The van der Waals surface area contributed by atoms with Crippen molar-refractivity contribution < 1.29 is 24.0 Å². The minimum atomic E-state index is -0.894. The van der Waals surface area contributed by atoms with E-state index in [-0.39, 0.29) is 18.9 Å². The normalized spacial score (nSPS) is 9.76. The molecule has 0 aliphatic heterocycles. The average molecular weight is 345 g/mol. The Morgan fingerprint density at radius 2 is 1.32 bits per heavy atom. The Bertz CT molecular complexity index is 733. The number of nitro benzene ring substituents is 1. The number of hydrazine groups is 1. The molecule has 0 saturated carbocycles. The molecule has 0 saturated heterocycles. The molecule has 2 aromatic rings. The topological polar surface area (TPSA) is 120 Å². The molecule has 9 heteroatoms. The quantitative estimate of drug-likeness (QED) is 0.635. The Morgan fingerprint density at radius 3 is 1.80 bits per heavy atom. The molecule has 0 aliphatic carbocycles. The van der Waals surface area contributed by atoms with E-state index in [0.717, 1.165) is 5.56 Å². The summed E-state index contributed by atoms with van der Waals surface area (Å²) in [6.07, 6.45) is -1.73. The molecule has 2 rings (SSSR count). The SMILES string of the molecule is O=C(NNC(=O)OCc1ccc([N+](=O)[O-])cc1)OCc1ccccc1. The van der Waals surface area contributed by atoms with Gasteiger partial charge in [-0.05, 0) is 23.3 Å². The number of non-ortho nitro benzene ring substituents is 1. The Hall–Kier alpha value is -3.62. The van der Waals surface area contributed by atoms with E-state index in [1.807, 2.05) is 29.1 Å². The number of hydrogen-bond acceptors (Lipinski definition) is 6. The molecule has 0 aliphatic rings. The van der Waals surface area contributed by atoms with E-state index < -0.39 is 17.1 Å². The van der Waals surface area contributed by atoms with Crippen LogP contribution >= 0.6 is 0 Å². The van der Waals surface area contributed by atoms with Crippen LogP contribution in [0, 0.1) is 10.1 Å². The van der Waals surface area contributed by atoms with Gasteiger partial charge < -0.3 is 9.47 Å². The molecule has 0 spiro atoms. The zero-order valence-corrected chi connectivity index (χ0v) is 13.0. The van der Waals surface area contributed by atoms with Crippen LogP contribution in [0.15, 0.2) is 54.6 Å². The molecule has 0 heterocycles. The Balaban J connectivity index is 1.66. The zero-order valence-electron chi connectivity index (χ0n) is 13.0. The number of rotatable bonds is 5. The molecule has 2 N–H and O–H groups in total. The maximum atomic E-state index is 11.5. The van der Waals surface area contributed by atoms with Crippen LogP contribution in [0.4, 0.5) is 15.3 Å². The largest absolute Gasteiger partial charge is 0.443 e. The van der Waals surface area contributed by atoms with Gasteiger partial charge in [-0.1, -0.05) is 30.3 Å². The summed E-state index contributed by atoms with van der Waals surface area (Å²) in [6, 6.07) is 14.6. The highest BCUT2D eigenvalue weighted by molar-refractivity contribution is 5.73. The maximum absolute atomic E-state index is 11.5. The van der Waals surface area contributed by atoms with Crippen LogP contribution in [-0.2, 0) is 22.7 Å². The lowest BCUT2D eigenvalue weighted by atomic mass is 10.2. The third-order valence-corrected chi connectivity index (χ3v) is 3.00. The van der Waals surface area contributed by atoms with Crippen molar-refractivity contribution in [1.29, 1.82) is 0 Å². The number of carbonyl (C=O) groups is 2. The number of benzene rings is 2. The van der Waals surface area contributed by atoms with Crippen molar-refractivity contribution in [3.05, 3.63) is 75.8 Å². The van der Waals surface area contributed by atoms with Crippen molar-refractivity contribution in [3.8, 4) is 0 Å². The third-order valence-electron chi connectivity index (χ3n) is 3.00. The summed E-state index contributed by atoms with van der Waals surface area (Å²) >= 11 is 0. The highest BCUT2D eigenvalue weighted by Gasteiger charge is 2.08. The van der Waals surface area contributed by atoms with Gasteiger partial charge >= 0.3 is 12.2 Å². The fourth-order valence-corrected chi connectivity index (χ4v) is 1.76. The van der Waals surface area contributed by atoms with Gasteiger partial charge in [-0.25, -0.2) is 20.4 Å². The van der Waals surface area contributed by atoms with Gasteiger partial charge in [-0.15, -0.1) is 0 Å². The first kappa shape index (κ1) is 17.7. The minimum Gasteiger partial charge on any atom is -0.443 e. The number of amides is 2. The predicted octanol–water partition coefficient (Wildman–Crippen LogP) is 2.66. The highest BCUT2D eigenvalue weighted by atomic mass is 16.6. The van der Waals surface area contributed by atoms with Crippen molar-refractivity contribution in [2.75, 3.05) is 0 Å². The van der Waals surface area contributed by atoms with Gasteiger partial charge in [0.1, 0.15) is 13.2 Å². The van der Waals surface area contributed by atoms with E-state index in [1.54, 1.807) is 12.1 Å². The van der Waals surface area contributed by atoms with E-state index in [9.17, 15) is 19.7 Å². The second-order valence-electron chi connectivity index (χ2n) is 4.81. The fraction of sp³-hybridized carbons (Fsp3) is 0.125. The Morgan fingerprint density at radius 1 is 0.840 bits per heavy atom. The molecule has 2 aromatic carbocycles. The monoisotopic (exact) mass is 345 g/mol. The summed E-state index contributed by atoms with van der Waals surface area (Å²) in [5, 5.41) is 10.5. The van der Waals surface area contributed by atoms with Gasteiger partial charge in [0.15, 0.2) is 0 Å². The average Bonchev–Trinajstić information content (AvgIpc) is 2.64. The third kappa shape index (κ3) is 6.18. The fourth-order valence-electron chi connectivity index (χ4n) is 1.76. The number of carbonyl (C=O) groups excluding carboxylic acids is 2. The summed E-state index contributed by atoms with van der Waals surface area (Å²) in [4.78, 5) is 32.9. The van der Waals surface area contributed by atoms with Crippen LogP contribution in [0.25, 0.3) is 0 Å². The lowest BCUT2D eigenvalue weighted by molar-refractivity contribution is -0.384. The predicted molar refractivity (Wildman–Crippen MR) is 86.2 cm³/mol. The minimum absolute atomic E-state index is 0.0592. The molecule has 25 heavy (non-hydrogen) atoms. The molecular weight excluding hydrogens is 330 g/mol. The standard InChI is InChI=1S/C16H15N3O6/c20-15(24-10-12-4-2-1-3-5-12)17-18-16(21)25-11-13-6-8-14(9-7-13)19(22)23/h1-9H,10-11H2,(H,17,20)(H,18,21).